The van der Waals surface area contributed by atoms with Crippen LogP contribution in [-0.2, 0) is 17.9 Å². The second-order valence-electron chi connectivity index (χ2n) is 9.10. The van der Waals surface area contributed by atoms with Crippen LogP contribution in [0.15, 0.2) is 36.7 Å². The van der Waals surface area contributed by atoms with Crippen LogP contribution in [0.2, 0.25) is 0 Å². The molecule has 6 nitrogen and oxygen atoms in total. The summed E-state index contributed by atoms with van der Waals surface area (Å²) in [6.45, 7) is 11.2. The number of aromatic nitrogens is 2. The Bertz CT molecular complexity index is 893. The van der Waals surface area contributed by atoms with Crippen molar-refractivity contribution in [2.24, 2.45) is 0 Å². The number of carbonyl (C=O) groups excluding carboxylic acids is 1. The zero-order valence-corrected chi connectivity index (χ0v) is 18.7. The van der Waals surface area contributed by atoms with E-state index < -0.39 is 0 Å². The van der Waals surface area contributed by atoms with Gasteiger partial charge in [-0.1, -0.05) is 12.1 Å². The lowest BCUT2D eigenvalue weighted by molar-refractivity contribution is -0.117. The molecule has 30 heavy (non-hydrogen) atoms. The number of carbonyl (C=O) groups is 1. The molecule has 0 radical (unpaired) electrons. The molecule has 162 valence electrons. The number of hydrogen-bond acceptors (Lipinski definition) is 4. The van der Waals surface area contributed by atoms with Crippen LogP contribution >= 0.6 is 0 Å². The molecule has 1 aromatic heterocycles. The van der Waals surface area contributed by atoms with Gasteiger partial charge in [-0.3, -0.25) is 14.4 Å². The van der Waals surface area contributed by atoms with Crippen LogP contribution in [-0.4, -0.2) is 44.8 Å². The van der Waals surface area contributed by atoms with E-state index in [2.05, 4.69) is 60.8 Å². The normalized spacial score (nSPS) is 24.9. The minimum Gasteiger partial charge on any atom is -0.491 e. The van der Waals surface area contributed by atoms with Gasteiger partial charge < -0.3 is 9.64 Å². The molecule has 2 atom stereocenters. The largest absolute Gasteiger partial charge is 0.491 e. The summed E-state index contributed by atoms with van der Waals surface area (Å²) in [7, 11) is 0. The van der Waals surface area contributed by atoms with Crippen molar-refractivity contribution in [3.63, 3.8) is 0 Å². The molecule has 6 heteroatoms. The van der Waals surface area contributed by atoms with E-state index in [0.717, 1.165) is 50.3 Å². The molecule has 2 fully saturated rings. The van der Waals surface area contributed by atoms with Gasteiger partial charge in [0.05, 0.1) is 23.5 Å². The van der Waals surface area contributed by atoms with Gasteiger partial charge in [0.25, 0.3) is 0 Å². The number of likely N-dealkylation sites (tertiary alicyclic amines) is 1. The molecule has 2 aliphatic heterocycles. The van der Waals surface area contributed by atoms with Gasteiger partial charge in [-0.2, -0.15) is 5.10 Å². The fourth-order valence-electron chi connectivity index (χ4n) is 5.13. The van der Waals surface area contributed by atoms with Crippen molar-refractivity contribution in [2.45, 2.75) is 84.2 Å². The lowest BCUT2D eigenvalue weighted by Crippen LogP contribution is -2.56. The first kappa shape index (κ1) is 20.9. The Morgan fingerprint density at radius 3 is 2.83 bits per heavy atom. The predicted molar refractivity (Wildman–Crippen MR) is 119 cm³/mol. The van der Waals surface area contributed by atoms with E-state index in [1.54, 1.807) is 0 Å². The highest BCUT2D eigenvalue weighted by Gasteiger charge is 2.49. The van der Waals surface area contributed by atoms with Gasteiger partial charge in [-0.05, 0) is 64.7 Å². The molecule has 1 amide bonds. The fraction of sp³-hybridized carbons (Fsp3) is 0.583. The molecule has 2 aromatic rings. The second-order valence-corrected chi connectivity index (χ2v) is 9.10. The number of benzene rings is 1. The summed E-state index contributed by atoms with van der Waals surface area (Å²) in [4.78, 5) is 17.4. The predicted octanol–water partition coefficient (Wildman–Crippen LogP) is 4.24. The molecule has 0 aliphatic carbocycles. The highest BCUT2D eigenvalue weighted by molar-refractivity contribution is 5.97. The number of anilines is 1. The van der Waals surface area contributed by atoms with Gasteiger partial charge in [0.1, 0.15) is 5.75 Å². The Morgan fingerprint density at radius 2 is 2.13 bits per heavy atom. The van der Waals surface area contributed by atoms with Gasteiger partial charge in [-0.15, -0.1) is 0 Å². The van der Waals surface area contributed by atoms with Crippen molar-refractivity contribution in [1.82, 2.24) is 14.7 Å². The van der Waals surface area contributed by atoms with Gasteiger partial charge in [0.15, 0.2) is 0 Å². The molecule has 0 N–H and O–H groups in total. The number of hydrogen-bond donors (Lipinski definition) is 0. The van der Waals surface area contributed by atoms with Crippen molar-refractivity contribution in [3.05, 3.63) is 42.2 Å². The molecular weight excluding hydrogens is 376 g/mol. The van der Waals surface area contributed by atoms with Crippen LogP contribution < -0.4 is 9.64 Å². The summed E-state index contributed by atoms with van der Waals surface area (Å²) in [5, 5.41) is 4.41. The fourth-order valence-corrected chi connectivity index (χ4v) is 5.13. The molecule has 2 aliphatic rings. The zero-order chi connectivity index (χ0) is 21.3. The van der Waals surface area contributed by atoms with Crippen LogP contribution in [0, 0.1) is 0 Å². The van der Waals surface area contributed by atoms with Gasteiger partial charge in [-0.25, -0.2) is 0 Å². The number of rotatable bonds is 6. The lowest BCUT2D eigenvalue weighted by atomic mass is 9.81. The van der Waals surface area contributed by atoms with Crippen molar-refractivity contribution in [3.8, 4) is 5.75 Å². The molecule has 0 bridgehead atoms. The Kier molecular flexibility index (Phi) is 5.87. The molecule has 0 unspecified atom stereocenters. The third kappa shape index (κ3) is 4.10. The lowest BCUT2D eigenvalue weighted by Gasteiger charge is -2.47. The molecular formula is C24H34N4O2. The van der Waals surface area contributed by atoms with E-state index in [4.69, 9.17) is 4.74 Å². The van der Waals surface area contributed by atoms with Gasteiger partial charge in [0, 0.05) is 38.3 Å². The molecule has 3 heterocycles. The summed E-state index contributed by atoms with van der Waals surface area (Å²) >= 11 is 0. The molecule has 1 spiro atoms. The average molecular weight is 411 g/mol. The van der Waals surface area contributed by atoms with E-state index in [1.165, 1.54) is 5.56 Å². The van der Waals surface area contributed by atoms with Crippen molar-refractivity contribution < 1.29 is 9.53 Å². The van der Waals surface area contributed by atoms with Crippen LogP contribution in [0.4, 0.5) is 5.69 Å². The molecule has 4 rings (SSSR count). The Hall–Kier alpha value is -2.34. The quantitative estimate of drug-likeness (QED) is 0.715. The SMILES string of the molecule is CCn1cc(N2C(=O)CC[C@]23CCN(Cc2cccc(OC(C)C)c2)[C@@H](C)C3)cn1. The van der Waals surface area contributed by atoms with E-state index >= 15 is 0 Å². The Labute approximate surface area is 179 Å². The monoisotopic (exact) mass is 410 g/mol. The third-order valence-electron chi connectivity index (χ3n) is 6.55. The van der Waals surface area contributed by atoms with Crippen molar-refractivity contribution in [1.29, 1.82) is 0 Å². The minimum absolute atomic E-state index is 0.0722. The smallest absolute Gasteiger partial charge is 0.227 e. The maximum absolute atomic E-state index is 12.8. The van der Waals surface area contributed by atoms with Crippen LogP contribution in [0.5, 0.6) is 5.75 Å². The number of amides is 1. The first-order valence-corrected chi connectivity index (χ1v) is 11.3. The zero-order valence-electron chi connectivity index (χ0n) is 18.7. The van der Waals surface area contributed by atoms with E-state index in [0.29, 0.717) is 12.5 Å². The summed E-state index contributed by atoms with van der Waals surface area (Å²) in [6.07, 6.45) is 7.63. The van der Waals surface area contributed by atoms with Gasteiger partial charge >= 0.3 is 0 Å². The van der Waals surface area contributed by atoms with Crippen molar-refractivity contribution >= 4 is 11.6 Å². The van der Waals surface area contributed by atoms with Crippen LogP contribution in [0.3, 0.4) is 0 Å². The first-order chi connectivity index (χ1) is 14.4. The molecule has 0 saturated carbocycles. The molecule has 2 saturated heterocycles. The van der Waals surface area contributed by atoms with Crippen LogP contribution in [0.1, 0.15) is 58.9 Å². The minimum atomic E-state index is -0.0722. The summed E-state index contributed by atoms with van der Waals surface area (Å²) in [5.74, 6) is 1.17. The van der Waals surface area contributed by atoms with E-state index in [1.807, 2.05) is 23.1 Å². The summed E-state index contributed by atoms with van der Waals surface area (Å²) in [5.41, 5.74) is 2.16. The average Bonchev–Trinajstić information content (AvgIpc) is 3.28. The number of aryl methyl sites for hydroxylation is 1. The van der Waals surface area contributed by atoms with Gasteiger partial charge in [0.2, 0.25) is 5.91 Å². The van der Waals surface area contributed by atoms with Crippen LogP contribution in [0.25, 0.3) is 0 Å². The summed E-state index contributed by atoms with van der Waals surface area (Å²) in [6, 6.07) is 8.84. The Balaban J connectivity index is 1.47. The standard InChI is InChI=1S/C24H34N4O2/c1-5-27-17-21(15-25-27)28-23(29)9-10-24(28)11-12-26(19(4)14-24)16-20-7-6-8-22(13-20)30-18(2)3/h6-8,13,15,17-19H,5,9-12,14,16H2,1-4H3/t19-,24+/m0/s1. The topological polar surface area (TPSA) is 50.6 Å². The Morgan fingerprint density at radius 1 is 1.30 bits per heavy atom. The maximum Gasteiger partial charge on any atom is 0.227 e. The van der Waals surface area contributed by atoms with Crippen molar-refractivity contribution in [2.75, 3.05) is 11.4 Å². The summed E-state index contributed by atoms with van der Waals surface area (Å²) < 4.78 is 7.76. The third-order valence-corrected chi connectivity index (χ3v) is 6.55. The highest BCUT2D eigenvalue weighted by Crippen LogP contribution is 2.44. The highest BCUT2D eigenvalue weighted by atomic mass is 16.5. The first-order valence-electron chi connectivity index (χ1n) is 11.3. The van der Waals surface area contributed by atoms with E-state index in [9.17, 15) is 4.79 Å². The van der Waals surface area contributed by atoms with E-state index in [-0.39, 0.29) is 17.6 Å². The maximum atomic E-state index is 12.8. The number of piperidine rings is 1. The number of ether oxygens (including phenoxy) is 1. The second kappa shape index (κ2) is 8.42. The molecule has 1 aromatic carbocycles. The number of nitrogens with zero attached hydrogens (tertiary/aromatic N) is 4.